The number of fused-ring (bicyclic) bond motifs is 2. The van der Waals surface area contributed by atoms with Gasteiger partial charge in [-0.25, -0.2) is 18.1 Å². The number of carbonyl (C=O) groups excluding carboxylic acids is 1. The molecule has 5 aromatic rings. The molecule has 3 aromatic carbocycles. The quantitative estimate of drug-likeness (QED) is 0.0572. The van der Waals surface area contributed by atoms with Gasteiger partial charge in [0.05, 0.1) is 44.9 Å². The van der Waals surface area contributed by atoms with Crippen molar-refractivity contribution < 1.29 is 37.5 Å². The summed E-state index contributed by atoms with van der Waals surface area (Å²) in [6.07, 6.45) is 9.91. The summed E-state index contributed by atoms with van der Waals surface area (Å²) in [5.74, 6) is 0.000168. The molecule has 2 aromatic heterocycles. The maximum atomic E-state index is 14.1. The van der Waals surface area contributed by atoms with E-state index in [4.69, 9.17) is 25.8 Å². The number of nitro benzene ring substituents is 1. The zero-order chi connectivity index (χ0) is 48.0. The highest BCUT2D eigenvalue weighted by molar-refractivity contribution is 8.00. The second-order valence-corrected chi connectivity index (χ2v) is 22.8. The predicted octanol–water partition coefficient (Wildman–Crippen LogP) is 10.1. The Morgan fingerprint density at radius 1 is 1.09 bits per heavy atom. The van der Waals surface area contributed by atoms with Crippen molar-refractivity contribution >= 4 is 61.7 Å². The first-order valence-corrected chi connectivity index (χ1v) is 26.3. The van der Waals surface area contributed by atoms with Crippen LogP contribution in [0.3, 0.4) is 0 Å². The van der Waals surface area contributed by atoms with E-state index in [1.54, 1.807) is 24.4 Å². The number of aromatic nitrogens is 2. The fourth-order valence-electron chi connectivity index (χ4n) is 10.5. The van der Waals surface area contributed by atoms with Crippen LogP contribution in [0.5, 0.6) is 17.2 Å². The van der Waals surface area contributed by atoms with Gasteiger partial charge in [-0.1, -0.05) is 49.7 Å². The number of rotatable bonds is 15. The number of benzene rings is 3. The predicted molar refractivity (Wildman–Crippen MR) is 263 cm³/mol. The third-order valence-electron chi connectivity index (χ3n) is 14.4. The lowest BCUT2D eigenvalue weighted by Gasteiger charge is -2.53. The van der Waals surface area contributed by atoms with Gasteiger partial charge in [-0.3, -0.25) is 14.9 Å². The number of aromatic amines is 1. The zero-order valence-electron chi connectivity index (χ0n) is 38.8. The SMILES string of the molecule is CCOC[C@H](NC1CC2(CCN(c3ccc(C(=O)NS(=O)(=O)c4cc5c(c([N+](=O)[O-])c4)S[C@@H]([C@H]4CC[C@](C)(O)CC4)CO5)c(Oc4cnc5[nH]cc(Cl)c5c4)c3)CC2)C1)c1ccccc1C(C)C. The summed E-state index contributed by atoms with van der Waals surface area (Å²) in [6, 6.07) is 18.0. The van der Waals surface area contributed by atoms with Gasteiger partial charge in [-0.05, 0) is 112 Å². The standard InChI is InChI=1S/C50H59ClN6O9S2/c1-5-64-28-41(37-9-7-6-8-36(37)30(2)3)54-32-24-50(25-32)16-18-56(19-17-50)33-10-11-38(43(20-33)66-34-21-39-40(51)27-53-47(39)52-26-34)48(58)55-68(62,63)35-22-42(57(60)61)46-44(23-35)65-29-45(67-46)31-12-14-49(4,59)15-13-31/h6-11,20-23,26-27,30-32,41,45,54,59H,5,12-19,24-25,28-29H2,1-4H3,(H,52,53)(H,55,58)/t31-,41-,45+,49-/m0/s1. The van der Waals surface area contributed by atoms with Crippen molar-refractivity contribution in [3.05, 3.63) is 105 Å². The number of nitro groups is 1. The van der Waals surface area contributed by atoms with Gasteiger partial charge in [0.15, 0.2) is 0 Å². The van der Waals surface area contributed by atoms with E-state index in [9.17, 15) is 28.4 Å². The van der Waals surface area contributed by atoms with Crippen LogP contribution in [-0.2, 0) is 14.8 Å². The van der Waals surface area contributed by atoms with E-state index in [0.29, 0.717) is 54.1 Å². The summed E-state index contributed by atoms with van der Waals surface area (Å²) in [5.41, 5.74) is 2.94. The second-order valence-electron chi connectivity index (χ2n) is 19.5. The molecule has 18 heteroatoms. The molecule has 2 atom stereocenters. The molecule has 4 aliphatic rings. The molecule has 4 heterocycles. The molecule has 2 aliphatic heterocycles. The number of thioether (sulfide) groups is 1. The van der Waals surface area contributed by atoms with Crippen LogP contribution in [0.25, 0.3) is 11.0 Å². The van der Waals surface area contributed by atoms with Crippen LogP contribution in [0.15, 0.2) is 82.8 Å². The first-order valence-electron chi connectivity index (χ1n) is 23.5. The third kappa shape index (κ3) is 10.2. The van der Waals surface area contributed by atoms with Gasteiger partial charge < -0.3 is 34.5 Å². The lowest BCUT2D eigenvalue weighted by atomic mass is 9.60. The summed E-state index contributed by atoms with van der Waals surface area (Å²) in [4.78, 5) is 35.4. The number of aliphatic hydroxyl groups is 1. The minimum atomic E-state index is -4.67. The van der Waals surface area contributed by atoms with Gasteiger partial charge in [0, 0.05) is 66.5 Å². The molecule has 0 radical (unpaired) electrons. The van der Waals surface area contributed by atoms with Crippen LogP contribution in [-0.4, -0.2) is 84.1 Å². The highest BCUT2D eigenvalue weighted by Crippen LogP contribution is 2.51. The number of nitrogens with one attached hydrogen (secondary N) is 3. The van der Waals surface area contributed by atoms with Gasteiger partial charge in [0.2, 0.25) is 0 Å². The largest absolute Gasteiger partial charge is 0.491 e. The minimum Gasteiger partial charge on any atom is -0.491 e. The first kappa shape index (κ1) is 48.1. The van der Waals surface area contributed by atoms with Crippen LogP contribution < -0.4 is 24.4 Å². The lowest BCUT2D eigenvalue weighted by Crippen LogP contribution is -2.54. The van der Waals surface area contributed by atoms with E-state index in [1.165, 1.54) is 41.2 Å². The number of ether oxygens (including phenoxy) is 3. The molecule has 362 valence electrons. The highest BCUT2D eigenvalue weighted by atomic mass is 35.5. The third-order valence-corrected chi connectivity index (χ3v) is 17.5. The number of H-pyrrole nitrogens is 1. The Bertz CT molecular complexity index is 2790. The monoisotopic (exact) mass is 986 g/mol. The van der Waals surface area contributed by atoms with Crippen LogP contribution in [0.1, 0.15) is 113 Å². The summed E-state index contributed by atoms with van der Waals surface area (Å²) in [6.45, 7) is 11.3. The number of sulfonamides is 1. The van der Waals surface area contributed by atoms with Crippen molar-refractivity contribution in [2.24, 2.45) is 11.3 Å². The normalized spacial score (nSPS) is 22.1. The van der Waals surface area contributed by atoms with Gasteiger partial charge in [0.1, 0.15) is 34.4 Å². The number of hydrogen-bond donors (Lipinski definition) is 4. The molecule has 68 heavy (non-hydrogen) atoms. The summed E-state index contributed by atoms with van der Waals surface area (Å²) >= 11 is 7.72. The number of nitrogens with zero attached hydrogens (tertiary/aromatic N) is 3. The number of pyridine rings is 1. The average Bonchev–Trinajstić information content (AvgIpc) is 3.68. The molecule has 2 aliphatic carbocycles. The van der Waals surface area contributed by atoms with Gasteiger partial charge in [-0.15, -0.1) is 11.8 Å². The summed E-state index contributed by atoms with van der Waals surface area (Å²) in [5, 5.41) is 27.8. The average molecular weight is 988 g/mol. The Balaban J connectivity index is 0.917. The molecular weight excluding hydrogens is 928 g/mol. The van der Waals surface area contributed by atoms with Crippen LogP contribution >= 0.6 is 23.4 Å². The van der Waals surface area contributed by atoms with E-state index in [0.717, 1.165) is 63.4 Å². The number of hydrogen-bond acceptors (Lipinski definition) is 13. The van der Waals surface area contributed by atoms with Crippen molar-refractivity contribution in [1.29, 1.82) is 0 Å². The van der Waals surface area contributed by atoms with Gasteiger partial charge in [0.25, 0.3) is 21.6 Å². The lowest BCUT2D eigenvalue weighted by molar-refractivity contribution is -0.388. The van der Waals surface area contributed by atoms with Crippen molar-refractivity contribution in [3.8, 4) is 17.2 Å². The molecule has 3 fully saturated rings. The number of piperidine rings is 1. The van der Waals surface area contributed by atoms with Crippen LogP contribution in [0.2, 0.25) is 5.02 Å². The number of amides is 1. The Labute approximate surface area is 406 Å². The van der Waals surface area contributed by atoms with E-state index in [2.05, 4.69) is 63.0 Å². The smallest absolute Gasteiger partial charge is 0.288 e. The first-order chi connectivity index (χ1) is 32.5. The highest BCUT2D eigenvalue weighted by Gasteiger charge is 2.47. The molecule has 1 amide bonds. The van der Waals surface area contributed by atoms with Crippen molar-refractivity contribution in [1.82, 2.24) is 20.0 Å². The molecule has 2 saturated carbocycles. The van der Waals surface area contributed by atoms with Crippen molar-refractivity contribution in [2.45, 2.75) is 118 Å². The van der Waals surface area contributed by atoms with Crippen LogP contribution in [0, 0.1) is 21.4 Å². The van der Waals surface area contributed by atoms with E-state index in [1.807, 2.05) is 13.8 Å². The summed E-state index contributed by atoms with van der Waals surface area (Å²) in [7, 11) is -4.67. The minimum absolute atomic E-state index is 0.0611. The second kappa shape index (κ2) is 19.5. The van der Waals surface area contributed by atoms with Gasteiger partial charge >= 0.3 is 0 Å². The number of anilines is 1. The zero-order valence-corrected chi connectivity index (χ0v) is 41.1. The van der Waals surface area contributed by atoms with E-state index in [-0.39, 0.29) is 56.9 Å². The fourth-order valence-corrected chi connectivity index (χ4v) is 13.1. The van der Waals surface area contributed by atoms with Crippen molar-refractivity contribution in [2.75, 3.05) is 37.8 Å². The topological polar surface area (TPSA) is 198 Å². The Hall–Kier alpha value is -4.91. The molecular formula is C50H59ClN6O9S2. The van der Waals surface area contributed by atoms with Gasteiger partial charge in [-0.2, -0.15) is 0 Å². The summed E-state index contributed by atoms with van der Waals surface area (Å²) < 4.78 is 48.5. The molecule has 0 bridgehead atoms. The molecule has 1 saturated heterocycles. The molecule has 4 N–H and O–H groups in total. The molecule has 1 spiro atoms. The van der Waals surface area contributed by atoms with E-state index < -0.39 is 37.0 Å². The Kier molecular flexibility index (Phi) is 13.8. The molecule has 9 rings (SSSR count). The molecule has 15 nitrogen and oxygen atoms in total. The molecule has 0 unspecified atom stereocenters. The van der Waals surface area contributed by atoms with Crippen molar-refractivity contribution in [3.63, 3.8) is 0 Å². The Morgan fingerprint density at radius 3 is 2.53 bits per heavy atom. The maximum Gasteiger partial charge on any atom is 0.288 e. The Morgan fingerprint density at radius 2 is 1.82 bits per heavy atom. The fraction of sp³-hybridized carbons (Fsp3) is 0.480. The van der Waals surface area contributed by atoms with E-state index >= 15 is 0 Å². The maximum absolute atomic E-state index is 14.1. The number of carbonyl (C=O) groups is 1. The van der Waals surface area contributed by atoms with Crippen LogP contribution in [0.4, 0.5) is 11.4 Å². The number of halogens is 1.